The number of ether oxygens (including phenoxy) is 2. The number of halogens is 3. The fourth-order valence-electron chi connectivity index (χ4n) is 3.29. The number of amides is 5. The van der Waals surface area contributed by atoms with Crippen molar-refractivity contribution in [3.05, 3.63) is 46.0 Å². The van der Waals surface area contributed by atoms with Gasteiger partial charge in [-0.05, 0) is 34.1 Å². The quantitative estimate of drug-likeness (QED) is 0.230. The summed E-state index contributed by atoms with van der Waals surface area (Å²) in [4.78, 5) is 61.6. The van der Waals surface area contributed by atoms with E-state index in [2.05, 4.69) is 37.2 Å². The third kappa shape index (κ3) is 9.74. The zero-order chi connectivity index (χ0) is 27.4. The molecule has 0 bridgehead atoms. The molecule has 0 saturated carbocycles. The van der Waals surface area contributed by atoms with Crippen LogP contribution in [0.2, 0.25) is 0 Å². The van der Waals surface area contributed by atoms with E-state index in [1.54, 1.807) is 24.3 Å². The summed E-state index contributed by atoms with van der Waals surface area (Å²) < 4.78 is 11.4. The predicted octanol–water partition coefficient (Wildman–Crippen LogP) is 1.15. The van der Waals surface area contributed by atoms with Crippen molar-refractivity contribution in [3.8, 4) is 0 Å². The SMILES string of the molecule is NC(=O)CNC(=O)C1=C[C@@H](NC(=O)c2ccccc2Br)[C@@H](OC(=O)NCCCl)[C@H](OC(=O)NCCCl)C1. The molecule has 0 unspecified atom stereocenters. The number of hydrogen-bond donors (Lipinski definition) is 5. The van der Waals surface area contributed by atoms with Gasteiger partial charge >= 0.3 is 12.2 Å². The van der Waals surface area contributed by atoms with Gasteiger partial charge in [-0.25, -0.2) is 9.59 Å². The fraction of sp³-hybridized carbons (Fsp3) is 0.409. The number of benzene rings is 1. The molecule has 1 aromatic carbocycles. The molecule has 0 aromatic heterocycles. The summed E-state index contributed by atoms with van der Waals surface area (Å²) in [5, 5.41) is 9.90. The molecule has 0 aliphatic heterocycles. The van der Waals surface area contributed by atoms with Gasteiger partial charge in [0.1, 0.15) is 6.10 Å². The van der Waals surface area contributed by atoms with Crippen molar-refractivity contribution in [1.82, 2.24) is 21.3 Å². The van der Waals surface area contributed by atoms with E-state index in [0.717, 1.165) is 0 Å². The average Bonchev–Trinajstić information content (AvgIpc) is 2.86. The van der Waals surface area contributed by atoms with E-state index in [1.165, 1.54) is 6.08 Å². The molecule has 0 fully saturated rings. The summed E-state index contributed by atoms with van der Waals surface area (Å²) in [6.07, 6.45) is -3.04. The third-order valence-corrected chi connectivity index (χ3v) is 5.95. The van der Waals surface area contributed by atoms with Gasteiger partial charge < -0.3 is 36.5 Å². The molecule has 1 aromatic rings. The van der Waals surface area contributed by atoms with E-state index in [9.17, 15) is 24.0 Å². The van der Waals surface area contributed by atoms with E-state index in [4.69, 9.17) is 38.4 Å². The average molecular weight is 623 g/mol. The topological polar surface area (TPSA) is 178 Å². The Hall–Kier alpha value is -3.03. The van der Waals surface area contributed by atoms with Crippen LogP contribution in [0.5, 0.6) is 0 Å². The van der Waals surface area contributed by atoms with Crippen LogP contribution >= 0.6 is 39.1 Å². The van der Waals surface area contributed by atoms with Crippen molar-refractivity contribution in [3.63, 3.8) is 0 Å². The largest absolute Gasteiger partial charge is 0.442 e. The standard InChI is InChI=1S/C22H26BrCl2N5O7/c23-14-4-2-1-3-13(14)20(33)30-15-9-12(19(32)29-11-17(26)31)10-16(36-21(34)27-7-5-24)18(15)37-22(35)28-8-6-25/h1-4,9,15-16,18H,5-8,10-11H2,(H2,26,31)(H,27,34)(H,28,35)(H,29,32)(H,30,33)/t15-,16-,18-/m1/s1. The van der Waals surface area contributed by atoms with Crippen LogP contribution in [0.4, 0.5) is 9.59 Å². The van der Waals surface area contributed by atoms with Gasteiger partial charge in [-0.1, -0.05) is 12.1 Å². The first kappa shape index (κ1) is 30.2. The maximum atomic E-state index is 13.1. The number of primary amides is 1. The van der Waals surface area contributed by atoms with Gasteiger partial charge in [0.15, 0.2) is 6.10 Å². The molecule has 0 radical (unpaired) electrons. The Labute approximate surface area is 231 Å². The second-order valence-corrected chi connectivity index (χ2v) is 9.18. The second kappa shape index (κ2) is 15.3. The van der Waals surface area contributed by atoms with Crippen LogP contribution in [0, 0.1) is 0 Å². The number of carbonyl (C=O) groups excluding carboxylic acids is 5. The van der Waals surface area contributed by atoms with Crippen LogP contribution in [0.25, 0.3) is 0 Å². The molecule has 37 heavy (non-hydrogen) atoms. The van der Waals surface area contributed by atoms with Crippen molar-refractivity contribution in [2.75, 3.05) is 31.4 Å². The van der Waals surface area contributed by atoms with Crippen molar-refractivity contribution >= 4 is 69.0 Å². The smallest absolute Gasteiger partial charge is 0.407 e. The van der Waals surface area contributed by atoms with E-state index in [-0.39, 0.29) is 42.4 Å². The summed E-state index contributed by atoms with van der Waals surface area (Å²) >= 11 is 14.5. The normalized spacial score (nSPS) is 18.6. The number of carbonyl (C=O) groups is 5. The molecule has 6 N–H and O–H groups in total. The molecule has 15 heteroatoms. The van der Waals surface area contributed by atoms with E-state index >= 15 is 0 Å². The summed E-state index contributed by atoms with van der Waals surface area (Å²) in [6.45, 7) is -0.245. The molecular weight excluding hydrogens is 597 g/mol. The molecule has 0 heterocycles. The van der Waals surface area contributed by atoms with Gasteiger partial charge in [0.05, 0.1) is 18.2 Å². The Morgan fingerprint density at radius 3 is 2.16 bits per heavy atom. The monoisotopic (exact) mass is 621 g/mol. The molecular formula is C22H26BrCl2N5O7. The van der Waals surface area contributed by atoms with Gasteiger partial charge in [0.2, 0.25) is 11.8 Å². The molecule has 3 atom stereocenters. The summed E-state index contributed by atoms with van der Waals surface area (Å²) in [5.41, 5.74) is 5.43. The number of nitrogens with two attached hydrogens (primary N) is 1. The molecule has 202 valence electrons. The van der Waals surface area contributed by atoms with Gasteiger partial charge in [-0.3, -0.25) is 14.4 Å². The number of alkyl halides is 2. The minimum atomic E-state index is -1.24. The summed E-state index contributed by atoms with van der Waals surface area (Å²) in [7, 11) is 0. The Bertz CT molecular complexity index is 1040. The Balaban J connectivity index is 2.41. The Morgan fingerprint density at radius 1 is 0.946 bits per heavy atom. The number of nitrogens with one attached hydrogen (secondary N) is 4. The van der Waals surface area contributed by atoms with Crippen LogP contribution < -0.4 is 27.0 Å². The van der Waals surface area contributed by atoms with Crippen LogP contribution in [0.3, 0.4) is 0 Å². The highest BCUT2D eigenvalue weighted by atomic mass is 79.9. The first-order valence-electron chi connectivity index (χ1n) is 11.0. The molecule has 1 aliphatic carbocycles. The van der Waals surface area contributed by atoms with Gasteiger partial charge in [0.25, 0.3) is 5.91 Å². The maximum absolute atomic E-state index is 13.1. The zero-order valence-electron chi connectivity index (χ0n) is 19.4. The first-order valence-corrected chi connectivity index (χ1v) is 12.9. The number of hydrogen-bond acceptors (Lipinski definition) is 7. The molecule has 5 amide bonds. The second-order valence-electron chi connectivity index (χ2n) is 7.57. The number of rotatable bonds is 11. The number of alkyl carbamates (subject to hydrolysis) is 2. The van der Waals surface area contributed by atoms with Crippen LogP contribution in [-0.2, 0) is 19.1 Å². The van der Waals surface area contributed by atoms with E-state index in [0.29, 0.717) is 4.47 Å². The van der Waals surface area contributed by atoms with Crippen LogP contribution in [-0.4, -0.2) is 79.6 Å². The lowest BCUT2D eigenvalue weighted by molar-refractivity contribution is -0.123. The Morgan fingerprint density at radius 2 is 1.57 bits per heavy atom. The Kier molecular flexibility index (Phi) is 12.5. The lowest BCUT2D eigenvalue weighted by Gasteiger charge is -2.36. The first-order chi connectivity index (χ1) is 17.7. The van der Waals surface area contributed by atoms with Crippen molar-refractivity contribution < 1.29 is 33.4 Å². The molecule has 0 saturated heterocycles. The summed E-state index contributed by atoms with van der Waals surface area (Å²) in [6, 6.07) is 5.48. The van der Waals surface area contributed by atoms with Gasteiger partial charge in [0, 0.05) is 41.3 Å². The van der Waals surface area contributed by atoms with Crippen molar-refractivity contribution in [2.24, 2.45) is 5.73 Å². The molecule has 1 aliphatic rings. The molecule has 12 nitrogen and oxygen atoms in total. The third-order valence-electron chi connectivity index (χ3n) is 4.88. The minimum absolute atomic E-state index is 0.0647. The van der Waals surface area contributed by atoms with Crippen LogP contribution in [0.15, 0.2) is 40.4 Å². The van der Waals surface area contributed by atoms with E-state index < -0.39 is 54.7 Å². The minimum Gasteiger partial charge on any atom is -0.442 e. The van der Waals surface area contributed by atoms with Crippen LogP contribution in [0.1, 0.15) is 16.8 Å². The van der Waals surface area contributed by atoms with Crippen molar-refractivity contribution in [1.29, 1.82) is 0 Å². The zero-order valence-corrected chi connectivity index (χ0v) is 22.5. The van der Waals surface area contributed by atoms with Crippen molar-refractivity contribution in [2.45, 2.75) is 24.7 Å². The van der Waals surface area contributed by atoms with E-state index in [1.807, 2.05) is 0 Å². The predicted molar refractivity (Wildman–Crippen MR) is 138 cm³/mol. The van der Waals surface area contributed by atoms with Gasteiger partial charge in [-0.15, -0.1) is 23.2 Å². The molecule has 0 spiro atoms. The maximum Gasteiger partial charge on any atom is 0.407 e. The highest BCUT2D eigenvalue weighted by Crippen LogP contribution is 2.26. The lowest BCUT2D eigenvalue weighted by atomic mass is 9.89. The highest BCUT2D eigenvalue weighted by Gasteiger charge is 2.41. The molecule has 2 rings (SSSR count). The van der Waals surface area contributed by atoms with Gasteiger partial charge in [-0.2, -0.15) is 0 Å². The highest BCUT2D eigenvalue weighted by molar-refractivity contribution is 9.10. The fourth-order valence-corrected chi connectivity index (χ4v) is 3.95. The lowest BCUT2D eigenvalue weighted by Crippen LogP contribution is -2.55. The summed E-state index contributed by atoms with van der Waals surface area (Å²) in [5.74, 6) is -1.78.